The average Bonchev–Trinajstić information content (AvgIpc) is 2.79. The summed E-state index contributed by atoms with van der Waals surface area (Å²) in [4.78, 5) is 1.44. The summed E-state index contributed by atoms with van der Waals surface area (Å²) in [6, 6.07) is 4.75. The molecule has 2 nitrogen and oxygen atoms in total. The van der Waals surface area contributed by atoms with E-state index in [2.05, 4.69) is 29.9 Å². The standard InChI is InChI=1S/C13H22N2S/c1-13(7-3-2-4-8-13)12(15-14)10-11-6-5-9-16-11/h5-6,9,12,15H,2-4,7-8,10,14H2,1H3. The van der Waals surface area contributed by atoms with Crippen molar-refractivity contribution in [3.8, 4) is 0 Å². The van der Waals surface area contributed by atoms with Gasteiger partial charge in [0.25, 0.3) is 0 Å². The number of nitrogens with one attached hydrogen (secondary N) is 1. The minimum Gasteiger partial charge on any atom is -0.271 e. The third kappa shape index (κ3) is 2.65. The normalized spacial score (nSPS) is 21.9. The van der Waals surface area contributed by atoms with Crippen LogP contribution in [0.5, 0.6) is 0 Å². The molecular formula is C13H22N2S. The van der Waals surface area contributed by atoms with Crippen LogP contribution < -0.4 is 11.3 Å². The second-order valence-electron chi connectivity index (χ2n) is 5.22. The highest BCUT2D eigenvalue weighted by atomic mass is 32.1. The molecule has 1 heterocycles. The third-order valence-electron chi connectivity index (χ3n) is 4.02. The molecular weight excluding hydrogens is 216 g/mol. The van der Waals surface area contributed by atoms with Gasteiger partial charge in [0.05, 0.1) is 0 Å². The number of rotatable bonds is 4. The number of nitrogens with two attached hydrogens (primary N) is 1. The maximum Gasteiger partial charge on any atom is 0.0312 e. The molecule has 1 unspecified atom stereocenters. The highest BCUT2D eigenvalue weighted by Crippen LogP contribution is 2.39. The largest absolute Gasteiger partial charge is 0.271 e. The van der Waals surface area contributed by atoms with Gasteiger partial charge in [-0.1, -0.05) is 32.3 Å². The van der Waals surface area contributed by atoms with Crippen LogP contribution in [0, 0.1) is 5.41 Å². The molecule has 1 atom stereocenters. The predicted molar refractivity (Wildman–Crippen MR) is 70.3 cm³/mol. The molecule has 1 saturated carbocycles. The number of hydrogen-bond acceptors (Lipinski definition) is 3. The Bertz CT molecular complexity index is 302. The van der Waals surface area contributed by atoms with Gasteiger partial charge in [0.15, 0.2) is 0 Å². The van der Waals surface area contributed by atoms with Crippen LogP contribution in [0.25, 0.3) is 0 Å². The minimum absolute atomic E-state index is 0.386. The molecule has 3 N–H and O–H groups in total. The van der Waals surface area contributed by atoms with Crippen molar-refractivity contribution in [3.63, 3.8) is 0 Å². The summed E-state index contributed by atoms with van der Waals surface area (Å²) in [6.45, 7) is 2.39. The zero-order valence-corrected chi connectivity index (χ0v) is 10.9. The quantitative estimate of drug-likeness (QED) is 0.625. The highest BCUT2D eigenvalue weighted by Gasteiger charge is 2.34. The molecule has 1 aromatic rings. The fourth-order valence-electron chi connectivity index (χ4n) is 2.84. The molecule has 1 fully saturated rings. The van der Waals surface area contributed by atoms with Crippen molar-refractivity contribution >= 4 is 11.3 Å². The van der Waals surface area contributed by atoms with Crippen LogP contribution in [-0.2, 0) is 6.42 Å². The van der Waals surface area contributed by atoms with E-state index in [4.69, 9.17) is 5.84 Å². The van der Waals surface area contributed by atoms with Crippen LogP contribution in [-0.4, -0.2) is 6.04 Å². The van der Waals surface area contributed by atoms with E-state index < -0.39 is 0 Å². The van der Waals surface area contributed by atoms with Gasteiger partial charge in [0.1, 0.15) is 0 Å². The van der Waals surface area contributed by atoms with E-state index in [0.29, 0.717) is 11.5 Å². The fraction of sp³-hybridized carbons (Fsp3) is 0.692. The van der Waals surface area contributed by atoms with E-state index in [0.717, 1.165) is 6.42 Å². The van der Waals surface area contributed by atoms with Crippen LogP contribution in [0.4, 0.5) is 0 Å². The summed E-state index contributed by atoms with van der Waals surface area (Å²) < 4.78 is 0. The zero-order chi connectivity index (χ0) is 11.4. The van der Waals surface area contributed by atoms with E-state index >= 15 is 0 Å². The Hall–Kier alpha value is -0.380. The Morgan fingerprint density at radius 2 is 2.19 bits per heavy atom. The van der Waals surface area contributed by atoms with Crippen molar-refractivity contribution in [3.05, 3.63) is 22.4 Å². The highest BCUT2D eigenvalue weighted by molar-refractivity contribution is 7.09. The van der Waals surface area contributed by atoms with Crippen molar-refractivity contribution in [2.75, 3.05) is 0 Å². The molecule has 90 valence electrons. The summed E-state index contributed by atoms with van der Waals surface area (Å²) in [5.74, 6) is 5.76. The van der Waals surface area contributed by atoms with E-state index in [1.165, 1.54) is 37.0 Å². The molecule has 0 radical (unpaired) electrons. The van der Waals surface area contributed by atoms with Crippen molar-refractivity contribution in [2.45, 2.75) is 51.5 Å². The summed E-state index contributed by atoms with van der Waals surface area (Å²) >= 11 is 1.83. The van der Waals surface area contributed by atoms with Gasteiger partial charge in [0.2, 0.25) is 0 Å². The number of hydrogen-bond donors (Lipinski definition) is 2. The number of hydrazine groups is 1. The lowest BCUT2D eigenvalue weighted by molar-refractivity contribution is 0.144. The summed E-state index contributed by atoms with van der Waals surface area (Å²) in [7, 11) is 0. The van der Waals surface area contributed by atoms with Gasteiger partial charge >= 0.3 is 0 Å². The minimum atomic E-state index is 0.386. The van der Waals surface area contributed by atoms with Crippen molar-refractivity contribution in [1.29, 1.82) is 0 Å². The first-order valence-corrected chi connectivity index (χ1v) is 7.11. The second kappa shape index (κ2) is 5.30. The molecule has 0 aromatic carbocycles. The summed E-state index contributed by atoms with van der Waals surface area (Å²) in [6.07, 6.45) is 7.81. The van der Waals surface area contributed by atoms with Gasteiger partial charge in [-0.2, -0.15) is 0 Å². The predicted octanol–water partition coefficient (Wildman–Crippen LogP) is 3.09. The molecule has 0 saturated heterocycles. The lowest BCUT2D eigenvalue weighted by Gasteiger charge is -2.40. The molecule has 0 bridgehead atoms. The fourth-order valence-corrected chi connectivity index (χ4v) is 3.60. The lowest BCUT2D eigenvalue weighted by Crippen LogP contribution is -2.49. The Morgan fingerprint density at radius 1 is 1.44 bits per heavy atom. The van der Waals surface area contributed by atoms with Gasteiger partial charge in [-0.25, -0.2) is 0 Å². The van der Waals surface area contributed by atoms with Crippen LogP contribution in [0.1, 0.15) is 43.9 Å². The van der Waals surface area contributed by atoms with Crippen LogP contribution in [0.2, 0.25) is 0 Å². The first kappa shape index (κ1) is 12.1. The maximum absolute atomic E-state index is 5.76. The van der Waals surface area contributed by atoms with Crippen LogP contribution in [0.3, 0.4) is 0 Å². The molecule has 1 aliphatic rings. The topological polar surface area (TPSA) is 38.0 Å². The molecule has 0 aliphatic heterocycles. The molecule has 2 rings (SSSR count). The molecule has 0 amide bonds. The lowest BCUT2D eigenvalue weighted by atomic mass is 9.70. The molecule has 3 heteroatoms. The smallest absolute Gasteiger partial charge is 0.0312 e. The number of thiophene rings is 1. The SMILES string of the molecule is CC1(C(Cc2cccs2)NN)CCCCC1. The van der Waals surface area contributed by atoms with E-state index in [1.54, 1.807) is 0 Å². The van der Waals surface area contributed by atoms with E-state index in [1.807, 2.05) is 11.3 Å². The van der Waals surface area contributed by atoms with E-state index in [9.17, 15) is 0 Å². The van der Waals surface area contributed by atoms with Gasteiger partial charge in [-0.15, -0.1) is 11.3 Å². The Balaban J connectivity index is 2.03. The van der Waals surface area contributed by atoms with Crippen LogP contribution in [0.15, 0.2) is 17.5 Å². The van der Waals surface area contributed by atoms with Crippen LogP contribution >= 0.6 is 11.3 Å². The van der Waals surface area contributed by atoms with Crippen molar-refractivity contribution < 1.29 is 0 Å². The molecule has 1 aromatic heterocycles. The summed E-state index contributed by atoms with van der Waals surface area (Å²) in [5.41, 5.74) is 3.44. The van der Waals surface area contributed by atoms with Crippen molar-refractivity contribution in [1.82, 2.24) is 5.43 Å². The first-order valence-electron chi connectivity index (χ1n) is 6.23. The first-order chi connectivity index (χ1) is 7.74. The molecule has 1 aliphatic carbocycles. The zero-order valence-electron chi connectivity index (χ0n) is 10.0. The second-order valence-corrected chi connectivity index (χ2v) is 6.25. The van der Waals surface area contributed by atoms with Gasteiger partial charge < -0.3 is 0 Å². The van der Waals surface area contributed by atoms with E-state index in [-0.39, 0.29) is 0 Å². The van der Waals surface area contributed by atoms with Gasteiger partial charge in [-0.05, 0) is 36.1 Å². The molecule has 16 heavy (non-hydrogen) atoms. The maximum atomic E-state index is 5.76. The average molecular weight is 238 g/mol. The molecule has 0 spiro atoms. The van der Waals surface area contributed by atoms with Gasteiger partial charge in [-0.3, -0.25) is 11.3 Å². The van der Waals surface area contributed by atoms with Crippen molar-refractivity contribution in [2.24, 2.45) is 11.3 Å². The van der Waals surface area contributed by atoms with Gasteiger partial charge in [0, 0.05) is 10.9 Å². The summed E-state index contributed by atoms with van der Waals surface area (Å²) in [5, 5.41) is 2.14. The third-order valence-corrected chi connectivity index (χ3v) is 4.92. The monoisotopic (exact) mass is 238 g/mol. The Labute approximate surface area is 102 Å². The Morgan fingerprint density at radius 3 is 2.75 bits per heavy atom. The Kier molecular flexibility index (Phi) is 4.00.